The van der Waals surface area contributed by atoms with Crippen LogP contribution in [0.1, 0.15) is 5.76 Å². The number of nitrogens with one attached hydrogen (secondary N) is 1. The fourth-order valence-corrected chi connectivity index (χ4v) is 1.76. The zero-order valence-electron chi connectivity index (χ0n) is 12.0. The molecule has 1 aromatic carbocycles. The highest BCUT2D eigenvalue weighted by molar-refractivity contribution is 6.01. The topological polar surface area (TPSA) is 77.2 Å². The number of carbonyl (C=O) groups excluding carboxylic acids is 1. The van der Waals surface area contributed by atoms with Crippen molar-refractivity contribution < 1.29 is 13.9 Å². The van der Waals surface area contributed by atoms with Crippen molar-refractivity contribution in [2.45, 2.75) is 0 Å². The molecule has 2 heterocycles. The van der Waals surface area contributed by atoms with Gasteiger partial charge < -0.3 is 14.5 Å². The number of aromatic nitrogens is 2. The average molecular weight is 307 g/mol. The summed E-state index contributed by atoms with van der Waals surface area (Å²) in [6, 6.07) is 12.9. The Bertz CT molecular complexity index is 782. The van der Waals surface area contributed by atoms with E-state index in [9.17, 15) is 4.79 Å². The first-order valence-corrected chi connectivity index (χ1v) is 6.87. The number of carbonyl (C=O) groups is 1. The normalized spacial score (nSPS) is 10.6. The molecule has 0 fully saturated rings. The number of nitrogens with zero attached hydrogens (tertiary/aromatic N) is 2. The summed E-state index contributed by atoms with van der Waals surface area (Å²) in [6.07, 6.45) is 7.43. The second-order valence-corrected chi connectivity index (χ2v) is 4.51. The zero-order chi connectivity index (χ0) is 15.9. The van der Waals surface area contributed by atoms with Gasteiger partial charge in [-0.3, -0.25) is 4.79 Å². The maximum absolute atomic E-state index is 11.8. The molecule has 1 amide bonds. The van der Waals surface area contributed by atoms with Gasteiger partial charge in [0, 0.05) is 6.08 Å². The van der Waals surface area contributed by atoms with Gasteiger partial charge in [0.25, 0.3) is 0 Å². The van der Waals surface area contributed by atoms with Gasteiger partial charge in [-0.1, -0.05) is 18.2 Å². The molecule has 0 radical (unpaired) electrons. The van der Waals surface area contributed by atoms with E-state index in [1.54, 1.807) is 30.3 Å². The van der Waals surface area contributed by atoms with Gasteiger partial charge in [-0.05, 0) is 30.3 Å². The number of rotatable bonds is 5. The smallest absolute Gasteiger partial charge is 0.322 e. The molecular formula is C17H13N3O3. The Kier molecular flexibility index (Phi) is 4.44. The van der Waals surface area contributed by atoms with E-state index in [0.29, 0.717) is 17.2 Å². The average Bonchev–Trinajstić information content (AvgIpc) is 3.09. The molecule has 0 saturated carbocycles. The summed E-state index contributed by atoms with van der Waals surface area (Å²) < 4.78 is 10.6. The molecule has 0 spiro atoms. The van der Waals surface area contributed by atoms with E-state index in [1.807, 2.05) is 18.2 Å². The Hall–Kier alpha value is -3.41. The molecule has 3 aromatic rings. The Balaban J connectivity index is 1.58. The number of ether oxygens (including phenoxy) is 1. The van der Waals surface area contributed by atoms with Crippen LogP contribution in [0.15, 0.2) is 71.6 Å². The second-order valence-electron chi connectivity index (χ2n) is 4.51. The molecule has 0 aliphatic carbocycles. The highest BCUT2D eigenvalue weighted by atomic mass is 16.5. The van der Waals surface area contributed by atoms with Gasteiger partial charge >= 0.3 is 6.01 Å². The van der Waals surface area contributed by atoms with Crippen molar-refractivity contribution in [1.82, 2.24) is 9.97 Å². The molecular weight excluding hydrogens is 294 g/mol. The highest BCUT2D eigenvalue weighted by Crippen LogP contribution is 2.17. The van der Waals surface area contributed by atoms with Crippen molar-refractivity contribution in [3.8, 4) is 11.8 Å². The van der Waals surface area contributed by atoms with Crippen LogP contribution in [0.3, 0.4) is 0 Å². The number of benzene rings is 1. The number of hydrogen-bond acceptors (Lipinski definition) is 5. The largest absolute Gasteiger partial charge is 0.465 e. The second kappa shape index (κ2) is 7.04. The van der Waals surface area contributed by atoms with Crippen LogP contribution in [0.4, 0.5) is 5.69 Å². The van der Waals surface area contributed by atoms with E-state index in [2.05, 4.69) is 15.3 Å². The van der Waals surface area contributed by atoms with Crippen LogP contribution >= 0.6 is 0 Å². The lowest BCUT2D eigenvalue weighted by molar-refractivity contribution is -0.111. The summed E-state index contributed by atoms with van der Waals surface area (Å²) in [5.41, 5.74) is 0.472. The van der Waals surface area contributed by atoms with Crippen LogP contribution in [0.2, 0.25) is 0 Å². The number of anilines is 1. The van der Waals surface area contributed by atoms with Crippen molar-refractivity contribution in [1.29, 1.82) is 0 Å². The molecule has 3 rings (SSSR count). The first kappa shape index (κ1) is 14.5. The molecule has 2 aromatic heterocycles. The van der Waals surface area contributed by atoms with E-state index in [-0.39, 0.29) is 11.9 Å². The van der Waals surface area contributed by atoms with Crippen LogP contribution in [0.25, 0.3) is 6.08 Å². The molecule has 0 bridgehead atoms. The summed E-state index contributed by atoms with van der Waals surface area (Å²) in [6.45, 7) is 0. The maximum atomic E-state index is 11.8. The number of hydrogen-bond donors (Lipinski definition) is 1. The molecule has 0 unspecified atom stereocenters. The van der Waals surface area contributed by atoms with Crippen LogP contribution in [0.5, 0.6) is 11.8 Å². The minimum absolute atomic E-state index is 0.209. The van der Waals surface area contributed by atoms with Crippen molar-refractivity contribution >= 4 is 17.7 Å². The SMILES string of the molecule is O=C(C=Cc1ccco1)Nc1cnc(Oc2ccccc2)nc1. The summed E-state index contributed by atoms with van der Waals surface area (Å²) >= 11 is 0. The number of furan rings is 1. The molecule has 23 heavy (non-hydrogen) atoms. The van der Waals surface area contributed by atoms with Crippen LogP contribution in [0, 0.1) is 0 Å². The lowest BCUT2D eigenvalue weighted by Gasteiger charge is -2.04. The van der Waals surface area contributed by atoms with Gasteiger partial charge in [0.15, 0.2) is 0 Å². The lowest BCUT2D eigenvalue weighted by atomic mass is 10.3. The number of amides is 1. The van der Waals surface area contributed by atoms with Gasteiger partial charge in [-0.2, -0.15) is 0 Å². The van der Waals surface area contributed by atoms with Crippen LogP contribution < -0.4 is 10.1 Å². The fourth-order valence-electron chi connectivity index (χ4n) is 1.76. The fraction of sp³-hybridized carbons (Fsp3) is 0. The van der Waals surface area contributed by atoms with Gasteiger partial charge in [0.05, 0.1) is 24.3 Å². The molecule has 0 atom stereocenters. The molecule has 0 aliphatic rings. The minimum atomic E-state index is -0.304. The Morgan fingerprint density at radius 3 is 2.57 bits per heavy atom. The Morgan fingerprint density at radius 2 is 1.87 bits per heavy atom. The van der Waals surface area contributed by atoms with Gasteiger partial charge in [0.1, 0.15) is 11.5 Å². The maximum Gasteiger partial charge on any atom is 0.322 e. The summed E-state index contributed by atoms with van der Waals surface area (Å²) in [5, 5.41) is 2.65. The van der Waals surface area contributed by atoms with Crippen molar-refractivity contribution in [3.05, 3.63) is 73.0 Å². The molecule has 1 N–H and O–H groups in total. The summed E-state index contributed by atoms with van der Waals surface area (Å²) in [5.74, 6) is 0.940. The first-order valence-electron chi connectivity index (χ1n) is 6.87. The van der Waals surface area contributed by atoms with E-state index < -0.39 is 0 Å². The number of para-hydroxylation sites is 1. The van der Waals surface area contributed by atoms with E-state index >= 15 is 0 Å². The summed E-state index contributed by atoms with van der Waals surface area (Å²) in [7, 11) is 0. The van der Waals surface area contributed by atoms with Crippen molar-refractivity contribution in [2.24, 2.45) is 0 Å². The summed E-state index contributed by atoms with van der Waals surface area (Å²) in [4.78, 5) is 19.8. The van der Waals surface area contributed by atoms with Gasteiger partial charge in [-0.15, -0.1) is 0 Å². The Morgan fingerprint density at radius 1 is 1.09 bits per heavy atom. The standard InChI is InChI=1S/C17H13N3O3/c21-16(9-8-14-7-4-10-22-14)20-13-11-18-17(19-12-13)23-15-5-2-1-3-6-15/h1-12H,(H,20,21). The molecule has 6 heteroatoms. The van der Waals surface area contributed by atoms with Crippen LogP contribution in [-0.2, 0) is 4.79 Å². The van der Waals surface area contributed by atoms with Crippen molar-refractivity contribution in [3.63, 3.8) is 0 Å². The highest BCUT2D eigenvalue weighted by Gasteiger charge is 2.03. The predicted octanol–water partition coefficient (Wildman–Crippen LogP) is 3.51. The molecule has 114 valence electrons. The Labute approximate surface area is 132 Å². The third-order valence-electron chi connectivity index (χ3n) is 2.79. The van der Waals surface area contributed by atoms with E-state index in [4.69, 9.17) is 9.15 Å². The zero-order valence-corrected chi connectivity index (χ0v) is 12.0. The molecule has 0 aliphatic heterocycles. The van der Waals surface area contributed by atoms with Gasteiger partial charge in [-0.25, -0.2) is 9.97 Å². The van der Waals surface area contributed by atoms with Crippen LogP contribution in [-0.4, -0.2) is 15.9 Å². The molecule has 0 saturated heterocycles. The molecule has 6 nitrogen and oxygen atoms in total. The third-order valence-corrected chi connectivity index (χ3v) is 2.79. The van der Waals surface area contributed by atoms with E-state index in [0.717, 1.165) is 0 Å². The monoisotopic (exact) mass is 307 g/mol. The predicted molar refractivity (Wildman–Crippen MR) is 84.9 cm³/mol. The first-order chi connectivity index (χ1) is 11.3. The minimum Gasteiger partial charge on any atom is -0.465 e. The quantitative estimate of drug-likeness (QED) is 0.730. The van der Waals surface area contributed by atoms with Crippen molar-refractivity contribution in [2.75, 3.05) is 5.32 Å². The van der Waals surface area contributed by atoms with E-state index in [1.165, 1.54) is 24.7 Å². The van der Waals surface area contributed by atoms with Gasteiger partial charge in [0.2, 0.25) is 5.91 Å². The third kappa shape index (κ3) is 4.28. The lowest BCUT2D eigenvalue weighted by Crippen LogP contribution is -2.08.